The van der Waals surface area contributed by atoms with E-state index < -0.39 is 49.2 Å². The molecule has 13 nitrogen and oxygen atoms in total. The maximum atomic E-state index is 13.5. The first kappa shape index (κ1) is 46.6. The van der Waals surface area contributed by atoms with Gasteiger partial charge in [-0.1, -0.05) is 133 Å². The quantitative estimate of drug-likeness (QED) is 0.0526. The Labute approximate surface area is 359 Å². The summed E-state index contributed by atoms with van der Waals surface area (Å²) < 4.78 is 58.1. The van der Waals surface area contributed by atoms with Gasteiger partial charge in [-0.15, -0.1) is 0 Å². The molecule has 1 saturated carbocycles. The number of hydrogen-bond donors (Lipinski definition) is 2. The fourth-order valence-electron chi connectivity index (χ4n) is 8.61. The largest absolute Gasteiger partial charge is 0.472 e. The van der Waals surface area contributed by atoms with E-state index >= 15 is 0 Å². The van der Waals surface area contributed by atoms with E-state index in [1.807, 2.05) is 19.1 Å². The molecule has 3 fully saturated rings. The summed E-state index contributed by atoms with van der Waals surface area (Å²) in [6.45, 7) is 8.25. The van der Waals surface area contributed by atoms with Gasteiger partial charge in [-0.3, -0.25) is 9.05 Å². The highest BCUT2D eigenvalue weighted by Crippen LogP contribution is 2.69. The Morgan fingerprint density at radius 1 is 0.898 bits per heavy atom. The number of ether oxygens (including phenoxy) is 5. The van der Waals surface area contributed by atoms with Crippen molar-refractivity contribution < 1.29 is 42.2 Å². The lowest BCUT2D eigenvalue weighted by Gasteiger charge is -2.33. The predicted molar refractivity (Wildman–Crippen MR) is 228 cm³/mol. The number of phosphoric acid groups is 1. The van der Waals surface area contributed by atoms with E-state index in [4.69, 9.17) is 61.7 Å². The Morgan fingerprint density at radius 2 is 1.54 bits per heavy atom. The van der Waals surface area contributed by atoms with Crippen molar-refractivity contribution in [3.63, 3.8) is 0 Å². The van der Waals surface area contributed by atoms with Gasteiger partial charge in [-0.05, 0) is 57.0 Å². The number of fused-ring (bicyclic) bond motifs is 1. The highest BCUT2D eigenvalue weighted by atomic mass is 35.5. The van der Waals surface area contributed by atoms with E-state index in [2.05, 4.69) is 17.0 Å². The molecule has 2 aliphatic heterocycles. The fraction of sp³-hybridized carbons (Fsp3) is 0.721. The number of halogens is 2. The van der Waals surface area contributed by atoms with Crippen molar-refractivity contribution in [2.24, 2.45) is 0 Å². The third-order valence-corrected chi connectivity index (χ3v) is 13.3. The third-order valence-electron chi connectivity index (χ3n) is 11.8. The molecule has 2 aromatic heterocycles. The Hall–Kier alpha value is -1.87. The van der Waals surface area contributed by atoms with Crippen molar-refractivity contribution in [3.05, 3.63) is 58.0 Å². The molecule has 3 N–H and O–H groups in total. The molecule has 1 aromatic carbocycles. The van der Waals surface area contributed by atoms with E-state index in [9.17, 15) is 9.46 Å². The number of nitrogen functional groups attached to an aromatic ring is 1. The van der Waals surface area contributed by atoms with Gasteiger partial charge in [0, 0.05) is 16.7 Å². The van der Waals surface area contributed by atoms with Crippen LogP contribution in [0, 0.1) is 0 Å². The molecule has 2 unspecified atom stereocenters. The van der Waals surface area contributed by atoms with Crippen molar-refractivity contribution in [3.8, 4) is 0 Å². The molecule has 4 heterocycles. The number of nitrogens with zero attached hydrogens (tertiary/aromatic N) is 3. The van der Waals surface area contributed by atoms with Crippen LogP contribution in [0.5, 0.6) is 0 Å². The number of nitrogens with two attached hydrogens (primary N) is 1. The SMILES string of the molecule is CCCCCCCCCCCCCCCCCCOC[C@H](COP(=O)(O)OC1[C@H]2O[C@@](C)(c3ccc4c(N)ncnn34)[C@@H]3OC(C)(C)O[C@]123)OCc1ccc(Cl)cc1Cl. The summed E-state index contributed by atoms with van der Waals surface area (Å²) in [6, 6.07) is 8.81. The van der Waals surface area contributed by atoms with Crippen LogP contribution in [-0.2, 0) is 49.5 Å². The average Bonchev–Trinajstić information content (AvgIpc) is 3.51. The van der Waals surface area contributed by atoms with Crippen LogP contribution in [0.4, 0.5) is 5.82 Å². The average molecular weight is 884 g/mol. The number of unbranched alkanes of at least 4 members (excludes halogenated alkanes) is 15. The number of aromatic nitrogens is 3. The lowest BCUT2D eigenvalue weighted by Crippen LogP contribution is -2.45. The van der Waals surface area contributed by atoms with E-state index in [0.29, 0.717) is 39.2 Å². The van der Waals surface area contributed by atoms with Gasteiger partial charge in [0.1, 0.15) is 41.9 Å². The summed E-state index contributed by atoms with van der Waals surface area (Å²) >= 11 is 12.5. The molecule has 59 heavy (non-hydrogen) atoms. The summed E-state index contributed by atoms with van der Waals surface area (Å²) in [5.74, 6) is -0.709. The fourth-order valence-corrected chi connectivity index (χ4v) is 10.0. The second-order valence-corrected chi connectivity index (χ2v) is 19.2. The van der Waals surface area contributed by atoms with E-state index in [1.54, 1.807) is 36.6 Å². The van der Waals surface area contributed by atoms with Gasteiger partial charge in [0.15, 0.2) is 17.2 Å². The zero-order valence-corrected chi connectivity index (χ0v) is 37.7. The van der Waals surface area contributed by atoms with Gasteiger partial charge < -0.3 is 34.3 Å². The first-order valence-electron chi connectivity index (χ1n) is 21.7. The molecule has 1 aliphatic carbocycles. The molecule has 3 aromatic rings. The number of phosphoric ester groups is 1. The standard InChI is InChI=1S/C43H65Cl2N4O9P/c1-5-6-7-8-9-10-11-12-13-14-15-16-17-18-19-20-25-52-28-33(53-27-31-21-22-32(44)26-34(31)45)29-54-59(50,51)57-38-37-43(38)40(56-41(2,3)58-43)42(4,55-37)36-24-23-35-39(46)47-30-48-49(35)36/h21-24,26,30,33,37-38,40H,5-20,25,27-29H2,1-4H3,(H,50,51)(H2,46,47,48)/t33-,37-,38?,40+,42+,43+/m1/s1. The molecule has 3 aliphatic rings. The molecule has 6 rings (SSSR count). The minimum atomic E-state index is -4.67. The predicted octanol–water partition coefficient (Wildman–Crippen LogP) is 10.5. The Kier molecular flexibility index (Phi) is 16.6. The van der Waals surface area contributed by atoms with Crippen LogP contribution in [0.25, 0.3) is 5.52 Å². The first-order chi connectivity index (χ1) is 28.3. The highest BCUT2D eigenvalue weighted by molar-refractivity contribution is 7.47. The molecular formula is C43H65Cl2N4O9P. The molecule has 330 valence electrons. The van der Waals surface area contributed by atoms with Crippen molar-refractivity contribution in [1.29, 1.82) is 0 Å². The highest BCUT2D eigenvalue weighted by Gasteiger charge is 2.88. The maximum absolute atomic E-state index is 13.5. The zero-order valence-electron chi connectivity index (χ0n) is 35.3. The van der Waals surface area contributed by atoms with Gasteiger partial charge in [0.25, 0.3) is 0 Å². The number of hydrogen-bond acceptors (Lipinski definition) is 11. The topological polar surface area (TPSA) is 158 Å². The van der Waals surface area contributed by atoms with Crippen molar-refractivity contribution in [2.45, 2.75) is 178 Å². The lowest BCUT2D eigenvalue weighted by atomic mass is 9.91. The van der Waals surface area contributed by atoms with Gasteiger partial charge in [0.05, 0.1) is 25.5 Å². The summed E-state index contributed by atoms with van der Waals surface area (Å²) in [5, 5.41) is 5.35. The molecule has 7 atom stereocenters. The minimum absolute atomic E-state index is 0.121. The van der Waals surface area contributed by atoms with E-state index in [1.165, 1.54) is 96.2 Å². The second kappa shape index (κ2) is 21.0. The Balaban J connectivity index is 0.946. The second-order valence-electron chi connectivity index (χ2n) is 17.0. The number of rotatable bonds is 28. The van der Waals surface area contributed by atoms with E-state index in [-0.39, 0.29) is 19.8 Å². The molecule has 0 radical (unpaired) electrons. The van der Waals surface area contributed by atoms with Gasteiger partial charge in [-0.2, -0.15) is 5.10 Å². The number of anilines is 1. The van der Waals surface area contributed by atoms with Crippen LogP contribution < -0.4 is 5.73 Å². The lowest BCUT2D eigenvalue weighted by molar-refractivity contribution is -0.196. The van der Waals surface area contributed by atoms with Gasteiger partial charge in [-0.25, -0.2) is 14.1 Å². The summed E-state index contributed by atoms with van der Waals surface area (Å²) in [7, 11) is -4.67. The van der Waals surface area contributed by atoms with Crippen LogP contribution in [-0.4, -0.2) is 75.1 Å². The van der Waals surface area contributed by atoms with Gasteiger partial charge >= 0.3 is 7.82 Å². The zero-order chi connectivity index (χ0) is 42.1. The molecule has 16 heteroatoms. The maximum Gasteiger partial charge on any atom is 0.472 e. The normalized spacial score (nSPS) is 25.9. The number of benzene rings is 1. The van der Waals surface area contributed by atoms with Crippen LogP contribution in [0.1, 0.15) is 142 Å². The van der Waals surface area contributed by atoms with Crippen LogP contribution in [0.15, 0.2) is 36.7 Å². The van der Waals surface area contributed by atoms with Crippen molar-refractivity contribution >= 4 is 42.4 Å². The smallest absolute Gasteiger partial charge is 0.382 e. The first-order valence-corrected chi connectivity index (χ1v) is 24.0. The van der Waals surface area contributed by atoms with Gasteiger partial charge in [0.2, 0.25) is 0 Å². The summed E-state index contributed by atoms with van der Waals surface area (Å²) in [5.41, 5.74) is 5.87. The van der Waals surface area contributed by atoms with Crippen molar-refractivity contribution in [1.82, 2.24) is 14.6 Å². The molecule has 1 spiro atoms. The van der Waals surface area contributed by atoms with E-state index in [0.717, 1.165) is 12.8 Å². The summed E-state index contributed by atoms with van der Waals surface area (Å²) in [6.07, 6.45) is 19.0. The third kappa shape index (κ3) is 11.8. The monoisotopic (exact) mass is 882 g/mol. The Bertz CT molecular complexity index is 1850. The van der Waals surface area contributed by atoms with Crippen LogP contribution >= 0.6 is 31.0 Å². The van der Waals surface area contributed by atoms with Crippen molar-refractivity contribution in [2.75, 3.05) is 25.6 Å². The molecule has 0 bridgehead atoms. The molecule has 2 saturated heterocycles. The Morgan fingerprint density at radius 3 is 2.19 bits per heavy atom. The van der Waals surface area contributed by atoms with Crippen LogP contribution in [0.2, 0.25) is 10.0 Å². The molecular weight excluding hydrogens is 818 g/mol. The summed E-state index contributed by atoms with van der Waals surface area (Å²) in [4.78, 5) is 15.1. The minimum Gasteiger partial charge on any atom is -0.382 e. The molecule has 0 amide bonds. The van der Waals surface area contributed by atoms with Crippen LogP contribution in [0.3, 0.4) is 0 Å².